The second kappa shape index (κ2) is 11.9. The van der Waals surface area contributed by atoms with Crippen molar-refractivity contribution in [3.05, 3.63) is 70.3 Å². The fraction of sp³-hybridized carbons (Fsp3) is 0.370. The van der Waals surface area contributed by atoms with Gasteiger partial charge < -0.3 is 30.9 Å². The summed E-state index contributed by atoms with van der Waals surface area (Å²) in [5.41, 5.74) is 13.7. The van der Waals surface area contributed by atoms with Crippen molar-refractivity contribution >= 4 is 29.6 Å². The lowest BCUT2D eigenvalue weighted by molar-refractivity contribution is 0.0534. The van der Waals surface area contributed by atoms with Crippen LogP contribution in [0.1, 0.15) is 42.2 Å². The number of nitrogens with two attached hydrogens (primary N) is 2. The van der Waals surface area contributed by atoms with Gasteiger partial charge in [-0.2, -0.15) is 0 Å². The monoisotopic (exact) mass is 534 g/mol. The number of amides is 2. The van der Waals surface area contributed by atoms with Gasteiger partial charge in [0.1, 0.15) is 5.84 Å². The molecule has 12 nitrogen and oxygen atoms in total. The summed E-state index contributed by atoms with van der Waals surface area (Å²) in [6.07, 6.45) is 0. The molecule has 0 unspecified atom stereocenters. The number of esters is 1. The summed E-state index contributed by atoms with van der Waals surface area (Å²) in [7, 11) is 1.31. The molecular weight excluding hydrogens is 500 g/mol. The van der Waals surface area contributed by atoms with Crippen LogP contribution in [0.2, 0.25) is 0 Å². The lowest BCUT2D eigenvalue weighted by Crippen LogP contribution is -2.50. The minimum absolute atomic E-state index is 0.0582. The highest BCUT2D eigenvalue weighted by Crippen LogP contribution is 2.18. The first-order valence-electron chi connectivity index (χ1n) is 12.7. The highest BCUT2D eigenvalue weighted by atomic mass is 16.5. The van der Waals surface area contributed by atoms with Gasteiger partial charge in [0.2, 0.25) is 0 Å². The van der Waals surface area contributed by atoms with Gasteiger partial charge in [0, 0.05) is 75.6 Å². The summed E-state index contributed by atoms with van der Waals surface area (Å²) in [6, 6.07) is 11.7. The Bertz CT molecular complexity index is 1260. The van der Waals surface area contributed by atoms with E-state index in [0.29, 0.717) is 81.2 Å². The molecule has 0 bridgehead atoms. The zero-order valence-electron chi connectivity index (χ0n) is 22.0. The standard InChI is InChI=1S/C27H34N8O4/c1-39-26(38)22-15-18(17-32-6-8-35(9-7-32)27(30)31)14-21(16-22)25(37)34-12-10-33(11-13-34)24(36)20-4-2-19(3-5-20)23(28)29/h2-5,14-16H,6-13,17H2,1H3,(H3,28,29)(H3,30,31). The lowest BCUT2D eigenvalue weighted by Gasteiger charge is -2.35. The molecule has 12 heteroatoms. The quantitative estimate of drug-likeness (QED) is 0.234. The number of carbonyl (C=O) groups is 3. The summed E-state index contributed by atoms with van der Waals surface area (Å²) < 4.78 is 4.92. The zero-order chi connectivity index (χ0) is 28.1. The molecule has 6 N–H and O–H groups in total. The van der Waals surface area contributed by atoms with Crippen molar-refractivity contribution < 1.29 is 19.1 Å². The summed E-state index contributed by atoms with van der Waals surface area (Å²) in [4.78, 5) is 46.1. The number of piperazine rings is 2. The Kier molecular flexibility index (Phi) is 8.45. The summed E-state index contributed by atoms with van der Waals surface area (Å²) in [5.74, 6) is -0.865. The maximum atomic E-state index is 13.5. The average Bonchev–Trinajstić information content (AvgIpc) is 2.96. The molecule has 0 saturated carbocycles. The molecule has 4 rings (SSSR count). The summed E-state index contributed by atoms with van der Waals surface area (Å²) in [6.45, 7) is 4.72. The molecule has 2 amide bonds. The van der Waals surface area contributed by atoms with E-state index in [9.17, 15) is 14.4 Å². The Morgan fingerprint density at radius 1 is 0.718 bits per heavy atom. The van der Waals surface area contributed by atoms with Gasteiger partial charge in [0.05, 0.1) is 12.7 Å². The van der Waals surface area contributed by atoms with E-state index >= 15 is 0 Å². The van der Waals surface area contributed by atoms with E-state index in [1.54, 1.807) is 52.3 Å². The van der Waals surface area contributed by atoms with Crippen molar-refractivity contribution in [1.29, 1.82) is 10.8 Å². The lowest BCUT2D eigenvalue weighted by atomic mass is 10.0. The Hall–Kier alpha value is -4.45. The number of benzene rings is 2. The van der Waals surface area contributed by atoms with Crippen LogP contribution in [0.15, 0.2) is 42.5 Å². The predicted molar refractivity (Wildman–Crippen MR) is 146 cm³/mol. The summed E-state index contributed by atoms with van der Waals surface area (Å²) in [5, 5.41) is 15.1. The molecule has 39 heavy (non-hydrogen) atoms. The van der Waals surface area contributed by atoms with Gasteiger partial charge in [-0.25, -0.2) is 4.79 Å². The molecule has 2 heterocycles. The minimum Gasteiger partial charge on any atom is -0.465 e. The molecule has 2 fully saturated rings. The Morgan fingerprint density at radius 2 is 1.21 bits per heavy atom. The Labute approximate surface area is 227 Å². The number of hydrogen-bond acceptors (Lipinski definition) is 7. The first-order chi connectivity index (χ1) is 18.7. The van der Waals surface area contributed by atoms with Crippen LogP contribution < -0.4 is 11.5 Å². The van der Waals surface area contributed by atoms with E-state index in [1.165, 1.54) is 7.11 Å². The third-order valence-electron chi connectivity index (χ3n) is 7.08. The third-order valence-corrected chi connectivity index (χ3v) is 7.08. The van der Waals surface area contributed by atoms with Crippen LogP contribution in [0.4, 0.5) is 0 Å². The number of ether oxygens (including phenoxy) is 1. The van der Waals surface area contributed by atoms with Gasteiger partial charge in [0.25, 0.3) is 11.8 Å². The maximum Gasteiger partial charge on any atom is 0.337 e. The van der Waals surface area contributed by atoms with Gasteiger partial charge >= 0.3 is 5.97 Å². The number of guanidine groups is 1. The molecule has 2 aliphatic heterocycles. The molecule has 2 aromatic rings. The number of nitrogens with zero attached hydrogens (tertiary/aromatic N) is 4. The van der Waals surface area contributed by atoms with Crippen LogP contribution >= 0.6 is 0 Å². The number of amidine groups is 1. The molecule has 0 aliphatic carbocycles. The normalized spacial score (nSPS) is 16.1. The number of carbonyl (C=O) groups excluding carboxylic acids is 3. The fourth-order valence-corrected chi connectivity index (χ4v) is 4.82. The second-order valence-corrected chi connectivity index (χ2v) is 9.63. The van der Waals surface area contributed by atoms with E-state index in [1.807, 2.05) is 4.90 Å². The minimum atomic E-state index is -0.515. The summed E-state index contributed by atoms with van der Waals surface area (Å²) >= 11 is 0. The number of rotatable bonds is 6. The van der Waals surface area contributed by atoms with Crippen molar-refractivity contribution in [2.75, 3.05) is 59.5 Å². The van der Waals surface area contributed by atoms with Gasteiger partial charge in [-0.1, -0.05) is 12.1 Å². The first-order valence-corrected chi connectivity index (χ1v) is 12.7. The molecule has 2 aliphatic rings. The van der Waals surface area contributed by atoms with Crippen LogP contribution in [0.3, 0.4) is 0 Å². The van der Waals surface area contributed by atoms with Gasteiger partial charge in [0.15, 0.2) is 5.96 Å². The fourth-order valence-electron chi connectivity index (χ4n) is 4.82. The number of hydrogen-bond donors (Lipinski definition) is 4. The van der Waals surface area contributed by atoms with Crippen molar-refractivity contribution in [3.63, 3.8) is 0 Å². The van der Waals surface area contributed by atoms with Crippen LogP contribution in [0.25, 0.3) is 0 Å². The van der Waals surface area contributed by atoms with Crippen LogP contribution in [-0.4, -0.2) is 109 Å². The zero-order valence-corrected chi connectivity index (χ0v) is 22.0. The van der Waals surface area contributed by atoms with E-state index in [0.717, 1.165) is 5.56 Å². The van der Waals surface area contributed by atoms with Crippen molar-refractivity contribution in [2.24, 2.45) is 11.5 Å². The predicted octanol–water partition coefficient (Wildman–Crippen LogP) is 0.367. The Morgan fingerprint density at radius 3 is 1.72 bits per heavy atom. The molecule has 0 spiro atoms. The molecule has 0 aromatic heterocycles. The van der Waals surface area contributed by atoms with E-state index < -0.39 is 5.97 Å². The largest absolute Gasteiger partial charge is 0.465 e. The topological polar surface area (TPSA) is 173 Å². The van der Waals surface area contributed by atoms with Gasteiger partial charge in [-0.3, -0.25) is 25.3 Å². The first kappa shape index (κ1) is 27.6. The van der Waals surface area contributed by atoms with Crippen LogP contribution in [0, 0.1) is 10.8 Å². The van der Waals surface area contributed by atoms with E-state index in [2.05, 4.69) is 4.90 Å². The van der Waals surface area contributed by atoms with Gasteiger partial charge in [-0.05, 0) is 35.9 Å². The SMILES string of the molecule is COC(=O)c1cc(CN2CCN(C(=N)N)CC2)cc(C(=O)N2CCN(C(=O)c3ccc(C(=N)N)cc3)CC2)c1. The third kappa shape index (κ3) is 6.52. The molecule has 206 valence electrons. The van der Waals surface area contributed by atoms with E-state index in [4.69, 9.17) is 27.0 Å². The Balaban J connectivity index is 1.42. The molecule has 2 aromatic carbocycles. The number of nitrogens with one attached hydrogen (secondary N) is 2. The molecule has 0 atom stereocenters. The van der Waals surface area contributed by atoms with E-state index in [-0.39, 0.29) is 23.6 Å². The molecular formula is C27H34N8O4. The van der Waals surface area contributed by atoms with Crippen LogP contribution in [0.5, 0.6) is 0 Å². The smallest absolute Gasteiger partial charge is 0.337 e. The highest BCUT2D eigenvalue weighted by molar-refractivity contribution is 5.99. The highest BCUT2D eigenvalue weighted by Gasteiger charge is 2.27. The maximum absolute atomic E-state index is 13.5. The van der Waals surface area contributed by atoms with Crippen molar-refractivity contribution in [3.8, 4) is 0 Å². The van der Waals surface area contributed by atoms with Crippen molar-refractivity contribution in [2.45, 2.75) is 6.54 Å². The number of nitrogen functional groups attached to an aromatic ring is 1. The molecule has 2 saturated heterocycles. The second-order valence-electron chi connectivity index (χ2n) is 9.63. The average molecular weight is 535 g/mol. The number of methoxy groups -OCH3 is 1. The van der Waals surface area contributed by atoms with Crippen LogP contribution in [-0.2, 0) is 11.3 Å². The van der Waals surface area contributed by atoms with Gasteiger partial charge in [-0.15, -0.1) is 0 Å². The molecule has 0 radical (unpaired) electrons. The van der Waals surface area contributed by atoms with Crippen molar-refractivity contribution in [1.82, 2.24) is 19.6 Å².